The fourth-order valence-corrected chi connectivity index (χ4v) is 5.93. The lowest BCUT2D eigenvalue weighted by Crippen LogP contribution is -2.41. The lowest BCUT2D eigenvalue weighted by molar-refractivity contribution is -0.122. The van der Waals surface area contributed by atoms with Crippen molar-refractivity contribution >= 4 is 44.0 Å². The van der Waals surface area contributed by atoms with Crippen LogP contribution in [0.3, 0.4) is 0 Å². The van der Waals surface area contributed by atoms with Gasteiger partial charge in [-0.1, -0.05) is 42.5 Å². The van der Waals surface area contributed by atoms with Crippen LogP contribution >= 0.6 is 0 Å². The summed E-state index contributed by atoms with van der Waals surface area (Å²) in [5, 5.41) is 7.91. The molecule has 11 heteroatoms. The predicted molar refractivity (Wildman–Crippen MR) is 147 cm³/mol. The molecule has 204 valence electrons. The number of rotatable bonds is 11. The van der Waals surface area contributed by atoms with Gasteiger partial charge in [0.25, 0.3) is 0 Å². The highest BCUT2D eigenvalue weighted by Crippen LogP contribution is 2.35. The predicted octanol–water partition coefficient (Wildman–Crippen LogP) is 2.40. The third-order valence-electron chi connectivity index (χ3n) is 6.28. The zero-order valence-corrected chi connectivity index (χ0v) is 22.0. The second-order valence-electron chi connectivity index (χ2n) is 9.24. The van der Waals surface area contributed by atoms with E-state index in [0.29, 0.717) is 48.4 Å². The van der Waals surface area contributed by atoms with Crippen molar-refractivity contribution in [2.24, 2.45) is 11.5 Å². The average Bonchev–Trinajstić information content (AvgIpc) is 3.15. The van der Waals surface area contributed by atoms with Crippen molar-refractivity contribution in [3.63, 3.8) is 0 Å². The molecule has 4 rings (SSSR count). The van der Waals surface area contributed by atoms with E-state index in [1.807, 2.05) is 36.4 Å². The Morgan fingerprint density at radius 1 is 0.949 bits per heavy atom. The third-order valence-corrected chi connectivity index (χ3v) is 7.85. The number of imide groups is 1. The summed E-state index contributed by atoms with van der Waals surface area (Å²) in [4.78, 5) is 35.8. The molecule has 1 atom stereocenters. The van der Waals surface area contributed by atoms with Gasteiger partial charge in [0, 0.05) is 17.5 Å². The molecule has 0 unspecified atom stereocenters. The first-order chi connectivity index (χ1) is 18.6. The number of hydrogen-bond donors (Lipinski definition) is 4. The van der Waals surface area contributed by atoms with Crippen LogP contribution in [0.4, 0.5) is 4.79 Å². The summed E-state index contributed by atoms with van der Waals surface area (Å²) in [5.41, 5.74) is 12.8. The Morgan fingerprint density at radius 3 is 2.38 bits per heavy atom. The van der Waals surface area contributed by atoms with Crippen LogP contribution in [0.25, 0.3) is 16.3 Å². The van der Waals surface area contributed by atoms with Crippen LogP contribution in [0, 0.1) is 0 Å². The van der Waals surface area contributed by atoms with Gasteiger partial charge >= 0.3 is 6.03 Å². The molecule has 0 spiro atoms. The fraction of sp³-hybridized carbons (Fsp3) is 0.250. The minimum absolute atomic E-state index is 0.0702. The van der Waals surface area contributed by atoms with Gasteiger partial charge in [0.05, 0.1) is 24.0 Å². The molecular formula is C28H30N4O6S. The number of primary amides is 1. The van der Waals surface area contributed by atoms with Crippen molar-refractivity contribution in [2.75, 3.05) is 13.2 Å². The monoisotopic (exact) mass is 550 g/mol. The first kappa shape index (κ1) is 27.8. The highest BCUT2D eigenvalue weighted by atomic mass is 32.2. The summed E-state index contributed by atoms with van der Waals surface area (Å²) in [5.74, 6) is -0.369. The highest BCUT2D eigenvalue weighted by Gasteiger charge is 2.28. The van der Waals surface area contributed by atoms with E-state index in [1.54, 1.807) is 24.3 Å². The number of unbranched alkanes of at least 4 members (excludes halogenated alkanes) is 1. The molecule has 1 aliphatic rings. The molecule has 0 aliphatic carbocycles. The first-order valence-electron chi connectivity index (χ1n) is 12.5. The zero-order valence-electron chi connectivity index (χ0n) is 21.2. The van der Waals surface area contributed by atoms with Crippen LogP contribution in [0.1, 0.15) is 30.4 Å². The molecule has 1 heterocycles. The first-order valence-corrected chi connectivity index (χ1v) is 14.0. The SMILES string of the molecule is NC(=O)NC(=O)Cc1cc2ccccc2cc1OCCCCNC(=O)[C@@H](N)CC1=CS(=O)(=O)c2ccccc21. The van der Waals surface area contributed by atoms with Crippen molar-refractivity contribution in [3.8, 4) is 5.75 Å². The summed E-state index contributed by atoms with van der Waals surface area (Å²) in [6.07, 6.45) is 1.27. The van der Waals surface area contributed by atoms with Crippen molar-refractivity contribution in [1.29, 1.82) is 0 Å². The molecule has 0 aromatic heterocycles. The highest BCUT2D eigenvalue weighted by molar-refractivity contribution is 7.95. The number of benzene rings is 3. The number of hydrogen-bond acceptors (Lipinski definition) is 7. The lowest BCUT2D eigenvalue weighted by atomic mass is 10.0. The largest absolute Gasteiger partial charge is 0.493 e. The molecule has 0 saturated heterocycles. The number of ether oxygens (including phenoxy) is 1. The lowest BCUT2D eigenvalue weighted by Gasteiger charge is -2.14. The van der Waals surface area contributed by atoms with Crippen molar-refractivity contribution < 1.29 is 27.5 Å². The van der Waals surface area contributed by atoms with E-state index in [-0.39, 0.29) is 23.6 Å². The Bertz CT molecular complexity index is 1550. The van der Waals surface area contributed by atoms with E-state index >= 15 is 0 Å². The molecule has 3 aromatic rings. The number of urea groups is 1. The molecule has 0 radical (unpaired) electrons. The topological polar surface area (TPSA) is 171 Å². The number of carbonyl (C=O) groups excluding carboxylic acids is 3. The van der Waals surface area contributed by atoms with Crippen LogP contribution in [-0.2, 0) is 25.8 Å². The van der Waals surface area contributed by atoms with Gasteiger partial charge in [-0.05, 0) is 59.4 Å². The van der Waals surface area contributed by atoms with Gasteiger partial charge in [0.2, 0.25) is 21.7 Å². The molecule has 3 aromatic carbocycles. The molecule has 1 aliphatic heterocycles. The Morgan fingerprint density at radius 2 is 1.64 bits per heavy atom. The van der Waals surface area contributed by atoms with E-state index in [2.05, 4.69) is 10.6 Å². The summed E-state index contributed by atoms with van der Waals surface area (Å²) >= 11 is 0. The van der Waals surface area contributed by atoms with Gasteiger partial charge in [-0.15, -0.1) is 0 Å². The summed E-state index contributed by atoms with van der Waals surface area (Å²) < 4.78 is 30.6. The van der Waals surface area contributed by atoms with Gasteiger partial charge in [0.1, 0.15) is 5.75 Å². The van der Waals surface area contributed by atoms with Gasteiger partial charge in [-0.25, -0.2) is 13.2 Å². The minimum Gasteiger partial charge on any atom is -0.493 e. The second-order valence-corrected chi connectivity index (χ2v) is 11.0. The molecular weight excluding hydrogens is 520 g/mol. The maximum absolute atomic E-state index is 12.5. The zero-order chi connectivity index (χ0) is 28.0. The van der Waals surface area contributed by atoms with E-state index < -0.39 is 27.8 Å². The number of amides is 4. The van der Waals surface area contributed by atoms with Crippen molar-refractivity contribution in [3.05, 3.63) is 77.2 Å². The van der Waals surface area contributed by atoms with Gasteiger partial charge in [0.15, 0.2) is 0 Å². The van der Waals surface area contributed by atoms with Gasteiger partial charge in [-0.2, -0.15) is 0 Å². The molecule has 0 bridgehead atoms. The number of nitrogens with one attached hydrogen (secondary N) is 2. The third kappa shape index (κ3) is 7.01. The Kier molecular flexibility index (Phi) is 8.62. The van der Waals surface area contributed by atoms with Crippen LogP contribution in [0.15, 0.2) is 71.0 Å². The van der Waals surface area contributed by atoms with E-state index in [4.69, 9.17) is 16.2 Å². The minimum atomic E-state index is -3.51. The van der Waals surface area contributed by atoms with Gasteiger partial charge < -0.3 is 21.5 Å². The molecule has 0 saturated carbocycles. The molecule has 10 nitrogen and oxygen atoms in total. The summed E-state index contributed by atoms with van der Waals surface area (Å²) in [6.45, 7) is 0.710. The fourth-order valence-electron chi connectivity index (χ4n) is 4.43. The normalized spacial score (nSPS) is 14.2. The maximum atomic E-state index is 12.5. The maximum Gasteiger partial charge on any atom is 0.318 e. The number of fused-ring (bicyclic) bond motifs is 2. The average molecular weight is 551 g/mol. The number of sulfone groups is 1. The smallest absolute Gasteiger partial charge is 0.318 e. The van der Waals surface area contributed by atoms with E-state index in [0.717, 1.165) is 10.8 Å². The standard InChI is InChI=1S/C28H30N4O6S/c29-23(14-21-17-39(36,37)25-10-4-3-9-22(21)25)27(34)31-11-5-6-12-38-24-15-19-8-2-1-7-18(19)13-20(24)16-26(33)32-28(30)35/h1-4,7-10,13,15,17,23H,5-6,11-12,14,16,29H2,(H,31,34)(H3,30,32,33,35)/t23-/m0/s1. The van der Waals surface area contributed by atoms with E-state index in [9.17, 15) is 22.8 Å². The quantitative estimate of drug-likeness (QED) is 0.266. The van der Waals surface area contributed by atoms with Crippen LogP contribution < -0.4 is 26.8 Å². The molecule has 0 fully saturated rings. The van der Waals surface area contributed by atoms with Crippen molar-refractivity contribution in [1.82, 2.24) is 10.6 Å². The Labute approximate surface area is 226 Å². The number of carbonyl (C=O) groups is 3. The van der Waals surface area contributed by atoms with E-state index in [1.165, 1.54) is 5.41 Å². The Balaban J connectivity index is 1.26. The van der Waals surface area contributed by atoms with Crippen molar-refractivity contribution in [2.45, 2.75) is 36.6 Å². The molecule has 39 heavy (non-hydrogen) atoms. The second kappa shape index (κ2) is 12.1. The summed E-state index contributed by atoms with van der Waals surface area (Å²) in [6, 6.07) is 16.2. The number of nitrogens with two attached hydrogens (primary N) is 2. The van der Waals surface area contributed by atoms with Crippen LogP contribution in [-0.4, -0.2) is 45.5 Å². The van der Waals surface area contributed by atoms with Gasteiger partial charge in [-0.3, -0.25) is 14.9 Å². The Hall–Kier alpha value is -4.22. The summed E-state index contributed by atoms with van der Waals surface area (Å²) in [7, 11) is -3.51. The van der Waals surface area contributed by atoms with Crippen LogP contribution in [0.5, 0.6) is 5.75 Å². The molecule has 6 N–H and O–H groups in total. The van der Waals surface area contributed by atoms with Crippen LogP contribution in [0.2, 0.25) is 0 Å². The molecule has 4 amide bonds.